The van der Waals surface area contributed by atoms with Gasteiger partial charge in [-0.2, -0.15) is 0 Å². The molecule has 8 heteroatoms. The summed E-state index contributed by atoms with van der Waals surface area (Å²) in [4.78, 5) is 32.9. The van der Waals surface area contributed by atoms with E-state index < -0.39 is 6.09 Å². The smallest absolute Gasteiger partial charge is 0.389 e. The van der Waals surface area contributed by atoms with Gasteiger partial charge in [-0.3, -0.25) is 19.6 Å². The first-order valence-electron chi connectivity index (χ1n) is 12.2. The topological polar surface area (TPSA) is 76.5 Å². The predicted molar refractivity (Wildman–Crippen MR) is 139 cm³/mol. The fourth-order valence-electron chi connectivity index (χ4n) is 4.17. The average Bonchev–Trinajstić information content (AvgIpc) is 3.22. The number of benzene rings is 2. The maximum atomic E-state index is 13.6. The number of anilines is 2. The lowest BCUT2D eigenvalue weighted by Gasteiger charge is -2.22. The summed E-state index contributed by atoms with van der Waals surface area (Å²) in [5.74, 6) is 1.27. The number of fused-ring (bicyclic) bond motifs is 1. The molecule has 3 aromatic rings. The van der Waals surface area contributed by atoms with Gasteiger partial charge in [0.15, 0.2) is 5.82 Å². The highest BCUT2D eigenvalue weighted by atomic mass is 35.5. The van der Waals surface area contributed by atoms with Gasteiger partial charge < -0.3 is 4.74 Å². The SMILES string of the molecule is CCCCN(C(=O)c1cccc(Cl)c1)c1nc2n(c1OC(=O)Nc1ccc(CC)cc1)CCCC2. The van der Waals surface area contributed by atoms with Gasteiger partial charge in [-0.15, -0.1) is 0 Å². The maximum absolute atomic E-state index is 13.6. The van der Waals surface area contributed by atoms with Crippen LogP contribution in [0, 0.1) is 0 Å². The highest BCUT2D eigenvalue weighted by Crippen LogP contribution is 2.34. The summed E-state index contributed by atoms with van der Waals surface area (Å²) in [5.41, 5.74) is 2.29. The van der Waals surface area contributed by atoms with E-state index >= 15 is 0 Å². The molecule has 1 aromatic heterocycles. The molecular formula is C27H31ClN4O3. The van der Waals surface area contributed by atoms with Crippen LogP contribution in [0.2, 0.25) is 5.02 Å². The number of nitrogens with zero attached hydrogens (tertiary/aromatic N) is 3. The van der Waals surface area contributed by atoms with Crippen LogP contribution in [0.3, 0.4) is 0 Å². The molecule has 0 fully saturated rings. The Morgan fingerprint density at radius 2 is 1.94 bits per heavy atom. The van der Waals surface area contributed by atoms with Gasteiger partial charge in [-0.1, -0.05) is 50.1 Å². The number of carbonyl (C=O) groups is 2. The van der Waals surface area contributed by atoms with Crippen LogP contribution in [0.1, 0.15) is 61.3 Å². The number of unbranched alkanes of at least 4 members (excludes halogenated alkanes) is 1. The lowest BCUT2D eigenvalue weighted by Crippen LogP contribution is -2.33. The van der Waals surface area contributed by atoms with Crippen molar-refractivity contribution >= 4 is 35.1 Å². The van der Waals surface area contributed by atoms with Gasteiger partial charge in [0.25, 0.3) is 5.91 Å². The quantitative estimate of drug-likeness (QED) is 0.388. The highest BCUT2D eigenvalue weighted by molar-refractivity contribution is 6.31. The van der Waals surface area contributed by atoms with Crippen molar-refractivity contribution in [3.05, 3.63) is 70.5 Å². The van der Waals surface area contributed by atoms with E-state index in [2.05, 4.69) is 19.2 Å². The summed E-state index contributed by atoms with van der Waals surface area (Å²) in [5, 5.41) is 3.28. The lowest BCUT2D eigenvalue weighted by atomic mass is 10.1. The fourth-order valence-corrected chi connectivity index (χ4v) is 4.36. The van der Waals surface area contributed by atoms with Gasteiger partial charge in [0.2, 0.25) is 5.88 Å². The molecule has 4 rings (SSSR count). The fraction of sp³-hybridized carbons (Fsp3) is 0.370. The Kier molecular flexibility index (Phi) is 8.08. The Labute approximate surface area is 211 Å². The third-order valence-electron chi connectivity index (χ3n) is 6.12. The van der Waals surface area contributed by atoms with Crippen molar-refractivity contribution in [2.24, 2.45) is 0 Å². The van der Waals surface area contributed by atoms with Crippen LogP contribution in [-0.4, -0.2) is 28.1 Å². The Bertz CT molecular complexity index is 1190. The van der Waals surface area contributed by atoms with Crippen molar-refractivity contribution in [1.29, 1.82) is 0 Å². The molecule has 1 aliphatic rings. The van der Waals surface area contributed by atoms with E-state index in [4.69, 9.17) is 21.3 Å². The van der Waals surface area contributed by atoms with E-state index in [-0.39, 0.29) is 5.91 Å². The summed E-state index contributed by atoms with van der Waals surface area (Å²) >= 11 is 6.15. The zero-order valence-electron chi connectivity index (χ0n) is 20.2. The number of aromatic nitrogens is 2. The number of nitrogens with one attached hydrogen (secondary N) is 1. The minimum absolute atomic E-state index is 0.225. The minimum Gasteiger partial charge on any atom is -0.389 e. The van der Waals surface area contributed by atoms with Crippen LogP contribution in [0.25, 0.3) is 0 Å². The van der Waals surface area contributed by atoms with Gasteiger partial charge in [-0.25, -0.2) is 9.78 Å². The predicted octanol–water partition coefficient (Wildman–Crippen LogP) is 6.49. The van der Waals surface area contributed by atoms with Gasteiger partial charge in [0.1, 0.15) is 5.82 Å². The molecule has 0 atom stereocenters. The zero-order chi connectivity index (χ0) is 24.8. The summed E-state index contributed by atoms with van der Waals surface area (Å²) in [6.45, 7) is 5.28. The van der Waals surface area contributed by atoms with Crippen LogP contribution in [0.4, 0.5) is 16.3 Å². The number of amides is 2. The number of imidazole rings is 1. The number of aryl methyl sites for hydroxylation is 2. The normalized spacial score (nSPS) is 12.7. The molecular weight excluding hydrogens is 464 g/mol. The Balaban J connectivity index is 1.66. The minimum atomic E-state index is -0.616. The third kappa shape index (κ3) is 5.85. The van der Waals surface area contributed by atoms with E-state index in [9.17, 15) is 9.59 Å². The van der Waals surface area contributed by atoms with E-state index in [1.54, 1.807) is 29.2 Å². The monoisotopic (exact) mass is 494 g/mol. The number of halogens is 1. The van der Waals surface area contributed by atoms with Crippen molar-refractivity contribution in [3.8, 4) is 5.88 Å². The number of hydrogen-bond acceptors (Lipinski definition) is 4. The molecule has 2 amide bonds. The standard InChI is InChI=1S/C27H31ClN4O3/c1-3-5-16-32(25(33)20-9-8-10-21(28)18-20)24-26(31-17-7-6-11-23(31)30-24)35-27(34)29-22-14-12-19(4-2)13-15-22/h8-10,12-15,18H,3-7,11,16-17H2,1-2H3,(H,29,34). The summed E-state index contributed by atoms with van der Waals surface area (Å²) in [7, 11) is 0. The van der Waals surface area contributed by atoms with E-state index in [0.717, 1.165) is 44.3 Å². The highest BCUT2D eigenvalue weighted by Gasteiger charge is 2.30. The first kappa shape index (κ1) is 24.8. The molecule has 1 N–H and O–H groups in total. The summed E-state index contributed by atoms with van der Waals surface area (Å²) in [6, 6.07) is 14.5. The van der Waals surface area contributed by atoms with Crippen LogP contribution in [0.5, 0.6) is 5.88 Å². The number of hydrogen-bond donors (Lipinski definition) is 1. The molecule has 1 aliphatic heterocycles. The molecule has 7 nitrogen and oxygen atoms in total. The number of carbonyl (C=O) groups excluding carboxylic acids is 2. The molecule has 0 saturated carbocycles. The van der Waals surface area contributed by atoms with Crippen LogP contribution < -0.4 is 15.0 Å². The molecule has 2 aromatic carbocycles. The Hall–Kier alpha value is -3.32. The van der Waals surface area contributed by atoms with Gasteiger partial charge >= 0.3 is 6.09 Å². The van der Waals surface area contributed by atoms with Crippen LogP contribution in [0.15, 0.2) is 48.5 Å². The van der Waals surface area contributed by atoms with Crippen molar-refractivity contribution in [3.63, 3.8) is 0 Å². The van der Waals surface area contributed by atoms with E-state index in [1.165, 1.54) is 5.56 Å². The average molecular weight is 495 g/mol. The summed E-state index contributed by atoms with van der Waals surface area (Å²) in [6.07, 6.45) is 4.71. The van der Waals surface area contributed by atoms with Crippen molar-refractivity contribution < 1.29 is 14.3 Å². The maximum Gasteiger partial charge on any atom is 0.418 e. The largest absolute Gasteiger partial charge is 0.418 e. The van der Waals surface area contributed by atoms with Gasteiger partial charge in [0, 0.05) is 35.8 Å². The molecule has 0 bridgehead atoms. The molecule has 0 unspecified atom stereocenters. The molecule has 0 spiro atoms. The Morgan fingerprint density at radius 1 is 1.14 bits per heavy atom. The van der Waals surface area contributed by atoms with Crippen molar-refractivity contribution in [2.45, 2.75) is 58.9 Å². The zero-order valence-corrected chi connectivity index (χ0v) is 21.0. The van der Waals surface area contributed by atoms with E-state index in [1.807, 2.05) is 28.8 Å². The second-order valence-electron chi connectivity index (χ2n) is 8.65. The van der Waals surface area contributed by atoms with Crippen molar-refractivity contribution in [1.82, 2.24) is 9.55 Å². The summed E-state index contributed by atoms with van der Waals surface area (Å²) < 4.78 is 7.77. The van der Waals surface area contributed by atoms with Crippen molar-refractivity contribution in [2.75, 3.05) is 16.8 Å². The van der Waals surface area contributed by atoms with Crippen LogP contribution in [-0.2, 0) is 19.4 Å². The molecule has 2 heterocycles. The van der Waals surface area contributed by atoms with E-state index in [0.29, 0.717) is 41.1 Å². The molecule has 0 saturated heterocycles. The first-order valence-corrected chi connectivity index (χ1v) is 12.6. The van der Waals surface area contributed by atoms with Gasteiger partial charge in [-0.05, 0) is 61.6 Å². The molecule has 35 heavy (non-hydrogen) atoms. The molecule has 0 radical (unpaired) electrons. The first-order chi connectivity index (χ1) is 17.0. The lowest BCUT2D eigenvalue weighted by molar-refractivity contribution is 0.0984. The van der Waals surface area contributed by atoms with Crippen LogP contribution >= 0.6 is 11.6 Å². The molecule has 184 valence electrons. The Morgan fingerprint density at radius 3 is 2.66 bits per heavy atom. The molecule has 0 aliphatic carbocycles. The third-order valence-corrected chi connectivity index (χ3v) is 6.36. The number of ether oxygens (including phenoxy) is 1. The second-order valence-corrected chi connectivity index (χ2v) is 9.09. The second kappa shape index (κ2) is 11.4. The number of rotatable bonds is 8. The van der Waals surface area contributed by atoms with Gasteiger partial charge in [0.05, 0.1) is 0 Å².